The lowest BCUT2D eigenvalue weighted by Gasteiger charge is -2.15. The molecular weight excluding hydrogens is 238 g/mol. The number of hydrogen-bond donors (Lipinski definition) is 0. The summed E-state index contributed by atoms with van der Waals surface area (Å²) >= 11 is 0. The van der Waals surface area contributed by atoms with Crippen LogP contribution in [0.25, 0.3) is 0 Å². The zero-order valence-corrected chi connectivity index (χ0v) is 11.6. The largest absolute Gasteiger partial charge is 0.468 e. The number of carbonyl (C=O) groups is 1. The Bertz CT molecular complexity index is 558. The van der Waals surface area contributed by atoms with Crippen LogP contribution in [0.1, 0.15) is 27.2 Å². The van der Waals surface area contributed by atoms with Gasteiger partial charge in [0.05, 0.1) is 19.4 Å². The van der Waals surface area contributed by atoms with E-state index in [9.17, 15) is 4.79 Å². The molecule has 0 spiro atoms. The van der Waals surface area contributed by atoms with Crippen LogP contribution in [0.4, 0.5) is 0 Å². The molecule has 0 atom stereocenters. The van der Waals surface area contributed by atoms with Crippen molar-refractivity contribution >= 4 is 5.78 Å². The Morgan fingerprint density at radius 2 is 2.05 bits per heavy atom. The van der Waals surface area contributed by atoms with Crippen molar-refractivity contribution in [1.82, 2.24) is 4.90 Å². The standard InChI is InChI=1S/C16H19NO2/c1-12-6-7-13(2)15(9-12)16(18)11-17(3)10-14-5-4-8-19-14/h4-9H,10-11H2,1-3H3. The Morgan fingerprint density at radius 3 is 2.74 bits per heavy atom. The third-order valence-corrected chi connectivity index (χ3v) is 3.11. The van der Waals surface area contributed by atoms with Crippen LogP contribution in [0.5, 0.6) is 0 Å². The molecule has 0 saturated heterocycles. The first-order valence-electron chi connectivity index (χ1n) is 6.37. The summed E-state index contributed by atoms with van der Waals surface area (Å²) in [6.45, 7) is 5.01. The topological polar surface area (TPSA) is 33.5 Å². The van der Waals surface area contributed by atoms with Crippen molar-refractivity contribution in [1.29, 1.82) is 0 Å². The number of Topliss-reactive ketones (excluding diaryl/α,β-unsaturated/α-hetero) is 1. The third-order valence-electron chi connectivity index (χ3n) is 3.11. The summed E-state index contributed by atoms with van der Waals surface area (Å²) in [5.74, 6) is 1.02. The van der Waals surface area contributed by atoms with Crippen LogP contribution in [0.2, 0.25) is 0 Å². The molecule has 0 radical (unpaired) electrons. The Balaban J connectivity index is 2.02. The maximum Gasteiger partial charge on any atom is 0.177 e. The lowest BCUT2D eigenvalue weighted by Crippen LogP contribution is -2.25. The smallest absolute Gasteiger partial charge is 0.177 e. The highest BCUT2D eigenvalue weighted by atomic mass is 16.3. The molecule has 0 saturated carbocycles. The van der Waals surface area contributed by atoms with E-state index in [1.54, 1.807) is 6.26 Å². The molecule has 0 aliphatic carbocycles. The van der Waals surface area contributed by atoms with Crippen LogP contribution in [0.3, 0.4) is 0 Å². The molecule has 0 amide bonds. The van der Waals surface area contributed by atoms with E-state index in [-0.39, 0.29) is 5.78 Å². The molecule has 2 rings (SSSR count). The number of ketones is 1. The molecule has 1 aromatic carbocycles. The van der Waals surface area contributed by atoms with Gasteiger partial charge in [-0.1, -0.05) is 17.7 Å². The lowest BCUT2D eigenvalue weighted by molar-refractivity contribution is 0.0939. The highest BCUT2D eigenvalue weighted by Crippen LogP contribution is 2.12. The molecule has 0 unspecified atom stereocenters. The molecular formula is C16H19NO2. The second-order valence-electron chi connectivity index (χ2n) is 4.99. The van der Waals surface area contributed by atoms with E-state index in [1.165, 1.54) is 0 Å². The maximum absolute atomic E-state index is 12.3. The highest BCUT2D eigenvalue weighted by Gasteiger charge is 2.13. The van der Waals surface area contributed by atoms with Crippen molar-refractivity contribution in [2.24, 2.45) is 0 Å². The number of rotatable bonds is 5. The fourth-order valence-corrected chi connectivity index (χ4v) is 2.09. The summed E-state index contributed by atoms with van der Waals surface area (Å²) in [6.07, 6.45) is 1.65. The molecule has 0 bridgehead atoms. The van der Waals surface area contributed by atoms with Crippen LogP contribution in [0.15, 0.2) is 41.0 Å². The molecule has 100 valence electrons. The Kier molecular flexibility index (Phi) is 4.17. The second kappa shape index (κ2) is 5.85. The Morgan fingerprint density at radius 1 is 1.26 bits per heavy atom. The molecule has 1 heterocycles. The van der Waals surface area contributed by atoms with Gasteiger partial charge in [0.2, 0.25) is 0 Å². The van der Waals surface area contributed by atoms with E-state index >= 15 is 0 Å². The summed E-state index contributed by atoms with van der Waals surface area (Å²) in [5, 5.41) is 0. The number of aryl methyl sites for hydroxylation is 2. The van der Waals surface area contributed by atoms with E-state index in [0.29, 0.717) is 13.1 Å². The Hall–Kier alpha value is -1.87. The van der Waals surface area contributed by atoms with Gasteiger partial charge < -0.3 is 4.42 Å². The zero-order chi connectivity index (χ0) is 13.8. The van der Waals surface area contributed by atoms with Gasteiger partial charge in [-0.25, -0.2) is 0 Å². The van der Waals surface area contributed by atoms with Gasteiger partial charge in [0.15, 0.2) is 5.78 Å². The predicted octanol–water partition coefficient (Wildman–Crippen LogP) is 3.21. The van der Waals surface area contributed by atoms with Gasteiger partial charge in [0.25, 0.3) is 0 Å². The number of benzene rings is 1. The van der Waals surface area contributed by atoms with Crippen molar-refractivity contribution in [3.05, 3.63) is 59.0 Å². The molecule has 3 heteroatoms. The van der Waals surface area contributed by atoms with Crippen molar-refractivity contribution in [3.8, 4) is 0 Å². The number of carbonyl (C=O) groups excluding carboxylic acids is 1. The van der Waals surface area contributed by atoms with Crippen LogP contribution < -0.4 is 0 Å². The monoisotopic (exact) mass is 257 g/mol. The first-order valence-corrected chi connectivity index (χ1v) is 6.37. The van der Waals surface area contributed by atoms with Crippen molar-refractivity contribution in [2.45, 2.75) is 20.4 Å². The summed E-state index contributed by atoms with van der Waals surface area (Å²) < 4.78 is 5.28. The summed E-state index contributed by atoms with van der Waals surface area (Å²) in [7, 11) is 1.92. The molecule has 1 aromatic heterocycles. The molecule has 19 heavy (non-hydrogen) atoms. The van der Waals surface area contributed by atoms with Gasteiger partial charge in [0, 0.05) is 5.56 Å². The summed E-state index contributed by atoms with van der Waals surface area (Å²) in [5.41, 5.74) is 2.95. The molecule has 0 aliphatic heterocycles. The van der Waals surface area contributed by atoms with Crippen molar-refractivity contribution in [2.75, 3.05) is 13.6 Å². The Labute approximate surface area is 113 Å². The van der Waals surface area contributed by atoms with E-state index in [2.05, 4.69) is 0 Å². The minimum absolute atomic E-state index is 0.148. The maximum atomic E-state index is 12.3. The first-order chi connectivity index (χ1) is 9.06. The second-order valence-corrected chi connectivity index (χ2v) is 4.99. The first kappa shape index (κ1) is 13.6. The molecule has 3 nitrogen and oxygen atoms in total. The average Bonchev–Trinajstić information content (AvgIpc) is 2.84. The van der Waals surface area contributed by atoms with E-state index in [0.717, 1.165) is 22.5 Å². The van der Waals surface area contributed by atoms with Gasteiger partial charge >= 0.3 is 0 Å². The van der Waals surface area contributed by atoms with Gasteiger partial charge in [-0.15, -0.1) is 0 Å². The molecule has 0 aliphatic rings. The third kappa shape index (κ3) is 3.55. The number of nitrogens with zero attached hydrogens (tertiary/aromatic N) is 1. The summed E-state index contributed by atoms with van der Waals surface area (Å²) in [4.78, 5) is 14.2. The zero-order valence-electron chi connectivity index (χ0n) is 11.6. The fraction of sp³-hybridized carbons (Fsp3) is 0.312. The van der Waals surface area contributed by atoms with Crippen LogP contribution in [-0.2, 0) is 6.54 Å². The molecule has 0 N–H and O–H groups in total. The van der Waals surface area contributed by atoms with E-state index in [1.807, 2.05) is 56.1 Å². The normalized spacial score (nSPS) is 10.9. The molecule has 0 fully saturated rings. The van der Waals surface area contributed by atoms with Crippen LogP contribution in [0, 0.1) is 13.8 Å². The van der Waals surface area contributed by atoms with Gasteiger partial charge in [-0.2, -0.15) is 0 Å². The fourth-order valence-electron chi connectivity index (χ4n) is 2.09. The lowest BCUT2D eigenvalue weighted by atomic mass is 10.0. The van der Waals surface area contributed by atoms with Crippen LogP contribution in [-0.4, -0.2) is 24.3 Å². The summed E-state index contributed by atoms with van der Waals surface area (Å²) in [6, 6.07) is 9.75. The number of likely N-dealkylation sites (N-methyl/N-ethyl adjacent to an activating group) is 1. The minimum atomic E-state index is 0.148. The highest BCUT2D eigenvalue weighted by molar-refractivity contribution is 5.99. The van der Waals surface area contributed by atoms with Crippen LogP contribution >= 0.6 is 0 Å². The van der Waals surface area contributed by atoms with Gasteiger partial charge in [-0.3, -0.25) is 9.69 Å². The van der Waals surface area contributed by atoms with Gasteiger partial charge in [-0.05, 0) is 44.7 Å². The predicted molar refractivity (Wildman–Crippen MR) is 75.3 cm³/mol. The SMILES string of the molecule is Cc1ccc(C)c(C(=O)CN(C)Cc2ccco2)c1. The van der Waals surface area contributed by atoms with E-state index < -0.39 is 0 Å². The van der Waals surface area contributed by atoms with Crippen molar-refractivity contribution < 1.29 is 9.21 Å². The van der Waals surface area contributed by atoms with E-state index in [4.69, 9.17) is 4.42 Å². The number of hydrogen-bond acceptors (Lipinski definition) is 3. The minimum Gasteiger partial charge on any atom is -0.468 e. The average molecular weight is 257 g/mol. The van der Waals surface area contributed by atoms with Crippen molar-refractivity contribution in [3.63, 3.8) is 0 Å². The molecule has 2 aromatic rings. The van der Waals surface area contributed by atoms with Gasteiger partial charge in [0.1, 0.15) is 5.76 Å². The number of furan rings is 1. The quantitative estimate of drug-likeness (QED) is 0.771.